The maximum absolute atomic E-state index is 13.0. The van der Waals surface area contributed by atoms with Crippen molar-refractivity contribution in [1.29, 1.82) is 0 Å². The van der Waals surface area contributed by atoms with Gasteiger partial charge in [0.2, 0.25) is 0 Å². The molecule has 1 heterocycles. The van der Waals surface area contributed by atoms with Crippen LogP contribution in [0, 0.1) is 20.8 Å². The van der Waals surface area contributed by atoms with Gasteiger partial charge in [0.05, 0.1) is 10.7 Å². The van der Waals surface area contributed by atoms with Gasteiger partial charge < -0.3 is 10.6 Å². The summed E-state index contributed by atoms with van der Waals surface area (Å²) in [5.41, 5.74) is 4.76. The van der Waals surface area contributed by atoms with E-state index in [1.165, 1.54) is 0 Å². The summed E-state index contributed by atoms with van der Waals surface area (Å²) in [6.45, 7) is 5.88. The monoisotopic (exact) mass is 493 g/mol. The van der Waals surface area contributed by atoms with Crippen LogP contribution in [0.3, 0.4) is 0 Å². The van der Waals surface area contributed by atoms with Gasteiger partial charge in [0.25, 0.3) is 17.7 Å². The second-order valence-corrected chi connectivity index (χ2v) is 8.80. The highest BCUT2D eigenvalue weighted by Crippen LogP contribution is 2.34. The molecular weight excluding hydrogens is 473 g/mol. The van der Waals surface area contributed by atoms with E-state index in [-0.39, 0.29) is 27.3 Å². The third-order valence-corrected chi connectivity index (χ3v) is 6.10. The highest BCUT2D eigenvalue weighted by atomic mass is 35.5. The van der Waals surface area contributed by atoms with E-state index >= 15 is 0 Å². The molecule has 172 valence electrons. The smallest absolute Gasteiger partial charge is 0.283 e. The van der Waals surface area contributed by atoms with Crippen molar-refractivity contribution >= 4 is 58.0 Å². The number of anilines is 3. The van der Waals surface area contributed by atoms with Crippen molar-refractivity contribution in [3.05, 3.63) is 98.7 Å². The number of carbonyl (C=O) groups is 3. The Kier molecular flexibility index (Phi) is 6.46. The summed E-state index contributed by atoms with van der Waals surface area (Å²) < 4.78 is 0. The molecule has 0 atom stereocenters. The van der Waals surface area contributed by atoms with Crippen molar-refractivity contribution in [2.75, 3.05) is 15.5 Å². The lowest BCUT2D eigenvalue weighted by atomic mass is 10.0. The zero-order valence-electron chi connectivity index (χ0n) is 18.7. The van der Waals surface area contributed by atoms with Gasteiger partial charge in [0, 0.05) is 16.9 Å². The second-order valence-electron chi connectivity index (χ2n) is 8.02. The summed E-state index contributed by atoms with van der Waals surface area (Å²) in [4.78, 5) is 39.5. The zero-order chi connectivity index (χ0) is 24.6. The summed E-state index contributed by atoms with van der Waals surface area (Å²) in [5, 5.41) is 5.83. The molecular formula is C26H21Cl2N3O3. The topological polar surface area (TPSA) is 78.5 Å². The van der Waals surface area contributed by atoms with Gasteiger partial charge in [-0.1, -0.05) is 59.1 Å². The summed E-state index contributed by atoms with van der Waals surface area (Å²) in [5.74, 6) is -1.62. The van der Waals surface area contributed by atoms with E-state index in [0.29, 0.717) is 11.3 Å². The van der Waals surface area contributed by atoms with E-state index < -0.39 is 11.8 Å². The summed E-state index contributed by atoms with van der Waals surface area (Å²) in [7, 11) is 0. The predicted molar refractivity (Wildman–Crippen MR) is 135 cm³/mol. The molecule has 0 bridgehead atoms. The van der Waals surface area contributed by atoms with E-state index in [2.05, 4.69) is 10.6 Å². The number of aryl methyl sites for hydroxylation is 3. The minimum atomic E-state index is -0.679. The summed E-state index contributed by atoms with van der Waals surface area (Å²) in [6.07, 6.45) is 0. The highest BCUT2D eigenvalue weighted by molar-refractivity contribution is 6.53. The SMILES string of the molecule is Cc1cc(C)c(NC(=O)c2cccc(NC3=C(Cl)C(=O)N(c4ccccc4Cl)C3=O)c2)c(C)c1. The number of rotatable bonds is 5. The van der Waals surface area contributed by atoms with Gasteiger partial charge in [-0.2, -0.15) is 0 Å². The summed E-state index contributed by atoms with van der Waals surface area (Å²) in [6, 6.07) is 17.1. The third kappa shape index (κ3) is 4.42. The minimum absolute atomic E-state index is 0.0885. The van der Waals surface area contributed by atoms with Gasteiger partial charge in [-0.3, -0.25) is 14.4 Å². The van der Waals surface area contributed by atoms with Crippen LogP contribution in [0.25, 0.3) is 0 Å². The van der Waals surface area contributed by atoms with Crippen molar-refractivity contribution in [2.24, 2.45) is 0 Å². The Morgan fingerprint density at radius 1 is 0.853 bits per heavy atom. The van der Waals surface area contributed by atoms with Gasteiger partial charge >= 0.3 is 0 Å². The largest absolute Gasteiger partial charge is 0.350 e. The Morgan fingerprint density at radius 2 is 1.53 bits per heavy atom. The van der Waals surface area contributed by atoms with Crippen LogP contribution < -0.4 is 15.5 Å². The van der Waals surface area contributed by atoms with Crippen LogP contribution in [0.5, 0.6) is 0 Å². The number of para-hydroxylation sites is 1. The highest BCUT2D eigenvalue weighted by Gasteiger charge is 2.39. The van der Waals surface area contributed by atoms with Crippen LogP contribution in [-0.2, 0) is 9.59 Å². The first-order valence-electron chi connectivity index (χ1n) is 10.5. The molecule has 0 aliphatic carbocycles. The Hall–Kier alpha value is -3.61. The molecule has 0 unspecified atom stereocenters. The number of carbonyl (C=O) groups excluding carboxylic acids is 3. The molecule has 2 N–H and O–H groups in total. The molecule has 0 saturated heterocycles. The van der Waals surface area contributed by atoms with Crippen LogP contribution >= 0.6 is 23.2 Å². The predicted octanol–water partition coefficient (Wildman–Crippen LogP) is 5.95. The zero-order valence-corrected chi connectivity index (χ0v) is 20.2. The molecule has 1 aliphatic rings. The lowest BCUT2D eigenvalue weighted by molar-refractivity contribution is -0.120. The van der Waals surface area contributed by atoms with Crippen molar-refractivity contribution < 1.29 is 14.4 Å². The van der Waals surface area contributed by atoms with Gasteiger partial charge in [-0.15, -0.1) is 0 Å². The fourth-order valence-corrected chi connectivity index (χ4v) is 4.34. The van der Waals surface area contributed by atoms with Crippen LogP contribution in [-0.4, -0.2) is 17.7 Å². The normalized spacial score (nSPS) is 13.5. The molecule has 34 heavy (non-hydrogen) atoms. The number of nitrogens with one attached hydrogen (secondary N) is 2. The first kappa shape index (κ1) is 23.5. The summed E-state index contributed by atoms with van der Waals surface area (Å²) >= 11 is 12.4. The average molecular weight is 494 g/mol. The first-order valence-corrected chi connectivity index (χ1v) is 11.2. The molecule has 1 aliphatic heterocycles. The van der Waals surface area contributed by atoms with Crippen molar-refractivity contribution in [2.45, 2.75) is 20.8 Å². The minimum Gasteiger partial charge on any atom is -0.350 e. The van der Waals surface area contributed by atoms with E-state index in [1.807, 2.05) is 32.9 Å². The standard InChI is InChI=1S/C26H21Cl2N3O3/c1-14-11-15(2)22(16(3)12-14)30-24(32)17-7-6-8-18(13-17)29-23-21(28)25(33)31(26(23)34)20-10-5-4-9-19(20)27/h4-13,29H,1-3H3,(H,30,32). The van der Waals surface area contributed by atoms with Crippen molar-refractivity contribution in [1.82, 2.24) is 0 Å². The van der Waals surface area contributed by atoms with Gasteiger partial charge in [-0.25, -0.2) is 4.90 Å². The maximum atomic E-state index is 13.0. The Balaban J connectivity index is 1.57. The van der Waals surface area contributed by atoms with Crippen molar-refractivity contribution in [3.63, 3.8) is 0 Å². The maximum Gasteiger partial charge on any atom is 0.283 e. The Morgan fingerprint density at radius 3 is 2.21 bits per heavy atom. The molecule has 3 aromatic rings. The molecule has 3 amide bonds. The molecule has 6 nitrogen and oxygen atoms in total. The Bertz CT molecular complexity index is 1360. The quantitative estimate of drug-likeness (QED) is 0.430. The molecule has 3 aromatic carbocycles. The van der Waals surface area contributed by atoms with Crippen LogP contribution in [0.15, 0.2) is 71.4 Å². The number of benzene rings is 3. The van der Waals surface area contributed by atoms with E-state index in [0.717, 1.165) is 27.3 Å². The van der Waals surface area contributed by atoms with Crippen molar-refractivity contribution in [3.8, 4) is 0 Å². The second kappa shape index (κ2) is 9.33. The van der Waals surface area contributed by atoms with E-state index in [1.54, 1.807) is 48.5 Å². The van der Waals surface area contributed by atoms with Crippen LogP contribution in [0.2, 0.25) is 5.02 Å². The molecule has 4 rings (SSSR count). The van der Waals surface area contributed by atoms with Gasteiger partial charge in [0.1, 0.15) is 10.7 Å². The first-order chi connectivity index (χ1) is 16.2. The van der Waals surface area contributed by atoms with Crippen LogP contribution in [0.4, 0.5) is 17.1 Å². The Labute approximate surface area is 207 Å². The molecule has 0 spiro atoms. The van der Waals surface area contributed by atoms with Crippen LogP contribution in [0.1, 0.15) is 27.0 Å². The number of halogens is 2. The van der Waals surface area contributed by atoms with E-state index in [4.69, 9.17) is 23.2 Å². The number of amides is 3. The number of hydrogen-bond acceptors (Lipinski definition) is 4. The molecule has 0 saturated carbocycles. The van der Waals surface area contributed by atoms with Gasteiger partial charge in [0.15, 0.2) is 0 Å². The van der Waals surface area contributed by atoms with E-state index in [9.17, 15) is 14.4 Å². The lowest BCUT2D eigenvalue weighted by Gasteiger charge is -2.16. The average Bonchev–Trinajstić information content (AvgIpc) is 3.00. The number of hydrogen-bond donors (Lipinski definition) is 2. The number of imide groups is 1. The number of nitrogens with zero attached hydrogens (tertiary/aromatic N) is 1. The van der Waals surface area contributed by atoms with Gasteiger partial charge in [-0.05, 0) is 62.2 Å². The molecule has 8 heteroatoms. The fraction of sp³-hybridized carbons (Fsp3) is 0.115. The lowest BCUT2D eigenvalue weighted by Crippen LogP contribution is -2.32. The molecule has 0 fully saturated rings. The third-order valence-electron chi connectivity index (χ3n) is 5.43. The molecule has 0 aromatic heterocycles. The molecule has 0 radical (unpaired) electrons. The fourth-order valence-electron chi connectivity index (χ4n) is 3.91.